The number of aromatic nitrogens is 1. The van der Waals surface area contributed by atoms with Gasteiger partial charge in [0.25, 0.3) is 11.6 Å². The van der Waals surface area contributed by atoms with E-state index in [4.69, 9.17) is 16.7 Å². The number of carboxylic acid groups (broad SMARTS) is 1. The fourth-order valence-electron chi connectivity index (χ4n) is 0.914. The number of carbonyl (C=O) groups is 2. The highest BCUT2D eigenvalue weighted by Gasteiger charge is 2.17. The number of nitrogens with one attached hydrogen (secondary N) is 1. The summed E-state index contributed by atoms with van der Waals surface area (Å²) in [5.74, 6) is -2.23. The molecule has 0 aliphatic carbocycles. The van der Waals surface area contributed by atoms with Gasteiger partial charge in [0.05, 0.1) is 10.5 Å². The first-order chi connectivity index (χ1) is 8.41. The van der Waals surface area contributed by atoms with Crippen LogP contribution in [-0.4, -0.2) is 33.5 Å². The molecule has 9 nitrogen and oxygen atoms in total. The van der Waals surface area contributed by atoms with Gasteiger partial charge in [-0.1, -0.05) is 11.6 Å². The number of aliphatic carboxylic acids is 1. The summed E-state index contributed by atoms with van der Waals surface area (Å²) in [4.78, 5) is 39.1. The van der Waals surface area contributed by atoms with Gasteiger partial charge in [-0.2, -0.15) is 0 Å². The molecule has 1 amide bonds. The van der Waals surface area contributed by atoms with E-state index in [0.717, 1.165) is 12.3 Å². The number of nitrogens with zero attached hydrogens (tertiary/aromatic N) is 2. The second-order valence-electron chi connectivity index (χ2n) is 2.90. The molecule has 1 rings (SSSR count). The number of pyridine rings is 1. The van der Waals surface area contributed by atoms with Crippen molar-refractivity contribution in [3.63, 3.8) is 0 Å². The molecular formula is C8H6ClN3O6. The molecule has 0 aromatic carbocycles. The highest BCUT2D eigenvalue weighted by Crippen LogP contribution is 2.18. The first kappa shape index (κ1) is 13.8. The van der Waals surface area contributed by atoms with Crippen LogP contribution in [0.25, 0.3) is 0 Å². The lowest BCUT2D eigenvalue weighted by atomic mass is 10.2. The predicted octanol–water partition coefficient (Wildman–Crippen LogP) is 0.389. The Kier molecular flexibility index (Phi) is 4.52. The predicted molar refractivity (Wildman–Crippen MR) is 57.0 cm³/mol. The van der Waals surface area contributed by atoms with Gasteiger partial charge in [-0.3, -0.25) is 19.7 Å². The maximum atomic E-state index is 11.4. The number of hydrogen-bond acceptors (Lipinski definition) is 6. The van der Waals surface area contributed by atoms with Crippen molar-refractivity contribution < 1.29 is 24.5 Å². The molecule has 18 heavy (non-hydrogen) atoms. The minimum atomic E-state index is -1.29. The van der Waals surface area contributed by atoms with E-state index in [9.17, 15) is 19.7 Å². The molecule has 0 spiro atoms. The summed E-state index contributed by atoms with van der Waals surface area (Å²) in [7, 11) is 0. The van der Waals surface area contributed by atoms with E-state index in [1.807, 2.05) is 0 Å². The zero-order valence-electron chi connectivity index (χ0n) is 8.62. The van der Waals surface area contributed by atoms with Crippen LogP contribution in [0.5, 0.6) is 0 Å². The van der Waals surface area contributed by atoms with Gasteiger partial charge < -0.3 is 5.11 Å². The quantitative estimate of drug-likeness (QED) is 0.451. The first-order valence-electron chi connectivity index (χ1n) is 4.35. The van der Waals surface area contributed by atoms with Crippen molar-refractivity contribution in [1.82, 2.24) is 10.5 Å². The molecule has 0 bridgehead atoms. The third-order valence-corrected chi connectivity index (χ3v) is 1.94. The fraction of sp³-hybridized carbons (Fsp3) is 0.125. The summed E-state index contributed by atoms with van der Waals surface area (Å²) in [6, 6.07) is 0.898. The van der Waals surface area contributed by atoms with Crippen LogP contribution in [0.1, 0.15) is 10.4 Å². The first-order valence-corrected chi connectivity index (χ1v) is 4.73. The third kappa shape index (κ3) is 3.64. The molecule has 1 aromatic rings. The summed E-state index contributed by atoms with van der Waals surface area (Å²) in [5.41, 5.74) is 1.05. The zero-order valence-corrected chi connectivity index (χ0v) is 9.38. The Morgan fingerprint density at radius 1 is 1.61 bits per heavy atom. The van der Waals surface area contributed by atoms with Gasteiger partial charge in [-0.25, -0.2) is 15.3 Å². The second kappa shape index (κ2) is 5.89. The lowest BCUT2D eigenvalue weighted by Crippen LogP contribution is -2.27. The van der Waals surface area contributed by atoms with E-state index in [1.54, 1.807) is 5.48 Å². The Balaban J connectivity index is 2.81. The van der Waals surface area contributed by atoms with Crippen LogP contribution in [0.3, 0.4) is 0 Å². The number of carbonyl (C=O) groups excluding carboxylic acids is 1. The average molecular weight is 276 g/mol. The Hall–Kier alpha value is -2.26. The summed E-state index contributed by atoms with van der Waals surface area (Å²) < 4.78 is 0. The van der Waals surface area contributed by atoms with Gasteiger partial charge in [0.2, 0.25) is 0 Å². The van der Waals surface area contributed by atoms with Crippen molar-refractivity contribution in [2.45, 2.75) is 0 Å². The van der Waals surface area contributed by atoms with Gasteiger partial charge in [-0.15, -0.1) is 0 Å². The van der Waals surface area contributed by atoms with Gasteiger partial charge in [0.15, 0.2) is 6.61 Å². The lowest BCUT2D eigenvalue weighted by Gasteiger charge is -2.04. The molecule has 0 saturated carbocycles. The number of halogens is 1. The van der Waals surface area contributed by atoms with Gasteiger partial charge >= 0.3 is 5.97 Å². The Morgan fingerprint density at radius 3 is 2.83 bits per heavy atom. The zero-order chi connectivity index (χ0) is 13.7. The number of nitro groups is 1. The van der Waals surface area contributed by atoms with Crippen LogP contribution in [0.4, 0.5) is 5.69 Å². The van der Waals surface area contributed by atoms with Crippen molar-refractivity contribution in [3.8, 4) is 0 Å². The molecule has 0 fully saturated rings. The summed E-state index contributed by atoms with van der Waals surface area (Å²) in [5, 5.41) is 18.5. The number of hydrogen-bond donors (Lipinski definition) is 2. The molecule has 10 heteroatoms. The normalized spacial score (nSPS) is 9.83. The smallest absolute Gasteiger partial charge is 0.332 e. The van der Waals surface area contributed by atoms with Crippen LogP contribution in [0.2, 0.25) is 5.15 Å². The Bertz CT molecular complexity index is 506. The topological polar surface area (TPSA) is 132 Å². The summed E-state index contributed by atoms with van der Waals surface area (Å²) >= 11 is 5.57. The van der Waals surface area contributed by atoms with Crippen LogP contribution >= 0.6 is 11.6 Å². The minimum Gasteiger partial charge on any atom is -0.479 e. The van der Waals surface area contributed by atoms with Crippen LogP contribution < -0.4 is 5.48 Å². The van der Waals surface area contributed by atoms with Crippen molar-refractivity contribution in [2.24, 2.45) is 0 Å². The maximum Gasteiger partial charge on any atom is 0.332 e. The van der Waals surface area contributed by atoms with Crippen LogP contribution in [0, 0.1) is 10.1 Å². The second-order valence-corrected chi connectivity index (χ2v) is 3.26. The summed E-state index contributed by atoms with van der Waals surface area (Å²) in [6.07, 6.45) is 0.886. The van der Waals surface area contributed by atoms with Gasteiger partial charge in [0, 0.05) is 6.07 Å². The van der Waals surface area contributed by atoms with E-state index in [2.05, 4.69) is 9.82 Å². The van der Waals surface area contributed by atoms with Crippen LogP contribution in [0.15, 0.2) is 12.3 Å². The van der Waals surface area contributed by atoms with E-state index in [1.165, 1.54) is 0 Å². The molecule has 0 atom stereocenters. The molecule has 0 aliphatic heterocycles. The molecule has 1 aromatic heterocycles. The monoisotopic (exact) mass is 275 g/mol. The SMILES string of the molecule is O=C(O)CONC(=O)c1cc([N+](=O)[O-])cnc1Cl. The minimum absolute atomic E-state index is 0.267. The highest BCUT2D eigenvalue weighted by molar-refractivity contribution is 6.32. The number of carboxylic acids is 1. The van der Waals surface area contributed by atoms with Crippen molar-refractivity contribution in [3.05, 3.63) is 33.1 Å². The number of hydroxylamine groups is 1. The summed E-state index contributed by atoms with van der Waals surface area (Å²) in [6.45, 7) is -0.758. The highest BCUT2D eigenvalue weighted by atomic mass is 35.5. The number of amides is 1. The van der Waals surface area contributed by atoms with E-state index in [0.29, 0.717) is 0 Å². The van der Waals surface area contributed by atoms with E-state index >= 15 is 0 Å². The molecular weight excluding hydrogens is 270 g/mol. The molecule has 0 saturated heterocycles. The third-order valence-electron chi connectivity index (χ3n) is 1.64. The fourth-order valence-corrected chi connectivity index (χ4v) is 1.10. The molecule has 0 radical (unpaired) electrons. The van der Waals surface area contributed by atoms with Crippen molar-refractivity contribution in [1.29, 1.82) is 0 Å². The van der Waals surface area contributed by atoms with Crippen LogP contribution in [-0.2, 0) is 9.63 Å². The standard InChI is InChI=1S/C8H6ClN3O6/c9-7-5(1-4(2-10-7)12(16)17)8(15)11-18-3-6(13)14/h1-2H,3H2,(H,11,15)(H,13,14). The maximum absolute atomic E-state index is 11.4. The molecule has 1 heterocycles. The van der Waals surface area contributed by atoms with E-state index < -0.39 is 29.1 Å². The van der Waals surface area contributed by atoms with Gasteiger partial charge in [0.1, 0.15) is 11.3 Å². The Labute approximate surface area is 104 Å². The molecule has 0 unspecified atom stereocenters. The Morgan fingerprint density at radius 2 is 2.28 bits per heavy atom. The molecule has 96 valence electrons. The lowest BCUT2D eigenvalue weighted by molar-refractivity contribution is -0.385. The van der Waals surface area contributed by atoms with Gasteiger partial charge in [-0.05, 0) is 0 Å². The largest absolute Gasteiger partial charge is 0.479 e. The average Bonchev–Trinajstić information content (AvgIpc) is 2.28. The molecule has 0 aliphatic rings. The van der Waals surface area contributed by atoms with E-state index in [-0.39, 0.29) is 10.7 Å². The van der Waals surface area contributed by atoms with Crippen molar-refractivity contribution >= 4 is 29.2 Å². The number of rotatable bonds is 5. The molecule has 2 N–H and O–H groups in total. The van der Waals surface area contributed by atoms with Crippen molar-refractivity contribution in [2.75, 3.05) is 6.61 Å².